The first-order valence-corrected chi connectivity index (χ1v) is 7.38. The second-order valence-electron chi connectivity index (χ2n) is 3.71. The van der Waals surface area contributed by atoms with Crippen LogP contribution in [0.1, 0.15) is 32.6 Å². The normalized spacial score (nSPS) is 20.9. The molecule has 94 valence electrons. The van der Waals surface area contributed by atoms with E-state index in [0.29, 0.717) is 0 Å². The second-order valence-corrected chi connectivity index (χ2v) is 7.20. The Labute approximate surface area is 126 Å². The summed E-state index contributed by atoms with van der Waals surface area (Å²) in [5.41, 5.74) is 0. The van der Waals surface area contributed by atoms with Crippen molar-refractivity contribution in [3.63, 3.8) is 0 Å². The van der Waals surface area contributed by atoms with Gasteiger partial charge < -0.3 is 0 Å². The molecule has 16 heavy (non-hydrogen) atoms. The zero-order chi connectivity index (χ0) is 12.2. The van der Waals surface area contributed by atoms with Gasteiger partial charge in [0.1, 0.15) is 6.34 Å². The smallest absolute Gasteiger partial charge is 0.230 e. The van der Waals surface area contributed by atoms with E-state index in [9.17, 15) is 0 Å². The fourth-order valence-corrected chi connectivity index (χ4v) is 3.52. The molecule has 1 atom stereocenters. The van der Waals surface area contributed by atoms with E-state index in [1.165, 1.54) is 19.3 Å². The molecule has 7 heteroatoms. The van der Waals surface area contributed by atoms with Crippen LogP contribution in [0, 0.1) is 0 Å². The lowest BCUT2D eigenvalue weighted by Crippen LogP contribution is -2.45. The molecule has 1 rings (SSSR count). The third-order valence-corrected chi connectivity index (χ3v) is 3.72. The lowest BCUT2D eigenvalue weighted by molar-refractivity contribution is 0.185. The Bertz CT molecular complexity index is 245. The van der Waals surface area contributed by atoms with Gasteiger partial charge in [-0.25, -0.2) is 0 Å². The summed E-state index contributed by atoms with van der Waals surface area (Å²) >= 11 is 19.9. The van der Waals surface area contributed by atoms with Crippen LogP contribution in [0.15, 0.2) is 5.10 Å². The van der Waals surface area contributed by atoms with Crippen molar-refractivity contribution in [2.24, 2.45) is 5.10 Å². The summed E-state index contributed by atoms with van der Waals surface area (Å²) in [4.78, 5) is 0. The Morgan fingerprint density at radius 3 is 2.56 bits per heavy atom. The third kappa shape index (κ3) is 4.27. The van der Waals surface area contributed by atoms with Gasteiger partial charge in [-0.05, 0) is 6.42 Å². The molecule has 0 saturated carbocycles. The van der Waals surface area contributed by atoms with Gasteiger partial charge in [0.2, 0.25) is 3.79 Å². The zero-order valence-electron chi connectivity index (χ0n) is 9.04. The summed E-state index contributed by atoms with van der Waals surface area (Å²) in [6.07, 6.45) is 6.11. The maximum atomic E-state index is 5.93. The maximum absolute atomic E-state index is 5.93. The van der Waals surface area contributed by atoms with E-state index in [1.54, 1.807) is 9.45 Å². The van der Waals surface area contributed by atoms with Crippen molar-refractivity contribution >= 4 is 64.0 Å². The van der Waals surface area contributed by atoms with Crippen LogP contribution in [-0.4, -0.2) is 31.0 Å². The van der Waals surface area contributed by atoms with Gasteiger partial charge >= 0.3 is 0 Å². The van der Waals surface area contributed by atoms with E-state index >= 15 is 0 Å². The molecule has 0 aromatic heterocycles. The highest BCUT2D eigenvalue weighted by molar-refractivity contribution is 14.1. The number of nitrogens with zero attached hydrogens (tertiary/aromatic N) is 3. The van der Waals surface area contributed by atoms with Crippen LogP contribution in [0.25, 0.3) is 0 Å². The first-order chi connectivity index (χ1) is 7.46. The average Bonchev–Trinajstić information content (AvgIpc) is 2.54. The summed E-state index contributed by atoms with van der Waals surface area (Å²) < 4.78 is 0.451. The lowest BCUT2D eigenvalue weighted by Gasteiger charge is -2.31. The van der Waals surface area contributed by atoms with Gasteiger partial charge in [-0.2, -0.15) is 5.10 Å². The predicted molar refractivity (Wildman–Crippen MR) is 79.3 cm³/mol. The molecule has 1 heterocycles. The minimum atomic E-state index is -1.34. The monoisotopic (exact) mass is 397 g/mol. The summed E-state index contributed by atoms with van der Waals surface area (Å²) in [5, 5.41) is 6.08. The molecule has 0 radical (unpaired) electrons. The standard InChI is InChI=1S/C9H15Cl3IN3/c1-2-3-4-5-6-16-8(9(10,11)12)15(13)7-14-16/h7-8H,2-6H2,1H3. The van der Waals surface area contributed by atoms with Crippen molar-refractivity contribution in [3.8, 4) is 0 Å². The largest absolute Gasteiger partial charge is 0.276 e. The second kappa shape index (κ2) is 6.71. The molecule has 0 N–H and O–H groups in total. The number of hydrazone groups is 1. The maximum Gasteiger partial charge on any atom is 0.230 e. The molecule has 1 unspecified atom stereocenters. The number of unbranched alkanes of at least 4 members (excludes halogenated alkanes) is 3. The molecular weight excluding hydrogens is 383 g/mol. The minimum Gasteiger partial charge on any atom is -0.276 e. The Kier molecular flexibility index (Phi) is 6.26. The topological polar surface area (TPSA) is 18.8 Å². The molecule has 0 spiro atoms. The number of rotatable bonds is 5. The summed E-state index contributed by atoms with van der Waals surface area (Å²) in [7, 11) is 0. The van der Waals surface area contributed by atoms with Gasteiger partial charge in [-0.1, -0.05) is 61.0 Å². The molecule has 0 fully saturated rings. The van der Waals surface area contributed by atoms with E-state index in [-0.39, 0.29) is 6.17 Å². The van der Waals surface area contributed by atoms with Crippen LogP contribution >= 0.6 is 57.7 Å². The first-order valence-electron chi connectivity index (χ1n) is 5.28. The van der Waals surface area contributed by atoms with Gasteiger partial charge in [0.05, 0.1) is 22.9 Å². The number of hydrogen-bond donors (Lipinski definition) is 0. The fourth-order valence-electron chi connectivity index (χ4n) is 1.56. The highest BCUT2D eigenvalue weighted by Gasteiger charge is 2.42. The van der Waals surface area contributed by atoms with Crippen molar-refractivity contribution in [1.82, 2.24) is 8.12 Å². The molecule has 1 aliphatic heterocycles. The SMILES string of the molecule is CCCCCCN1N=CN(I)C1C(Cl)(Cl)Cl. The number of halogens is 4. The van der Waals surface area contributed by atoms with Crippen molar-refractivity contribution in [2.45, 2.75) is 42.6 Å². The van der Waals surface area contributed by atoms with Gasteiger partial charge in [-0.3, -0.25) is 8.12 Å². The molecule has 0 aromatic rings. The van der Waals surface area contributed by atoms with E-state index in [2.05, 4.69) is 34.9 Å². The molecular formula is C9H15Cl3IN3. The Morgan fingerprint density at radius 2 is 2.00 bits per heavy atom. The van der Waals surface area contributed by atoms with Crippen LogP contribution in [0.3, 0.4) is 0 Å². The van der Waals surface area contributed by atoms with Gasteiger partial charge in [-0.15, -0.1) is 0 Å². The minimum absolute atomic E-state index is 0.306. The molecule has 0 saturated heterocycles. The molecule has 3 nitrogen and oxygen atoms in total. The van der Waals surface area contributed by atoms with Gasteiger partial charge in [0.15, 0.2) is 6.17 Å². The Morgan fingerprint density at radius 1 is 1.31 bits per heavy atom. The van der Waals surface area contributed by atoms with Gasteiger partial charge in [0, 0.05) is 6.54 Å². The highest BCUT2D eigenvalue weighted by Crippen LogP contribution is 2.38. The number of hydrogen-bond acceptors (Lipinski definition) is 3. The van der Waals surface area contributed by atoms with Crippen molar-refractivity contribution < 1.29 is 0 Å². The number of alkyl halides is 3. The molecule has 1 aliphatic rings. The lowest BCUT2D eigenvalue weighted by atomic mass is 10.2. The van der Waals surface area contributed by atoms with Gasteiger partial charge in [0.25, 0.3) is 0 Å². The highest BCUT2D eigenvalue weighted by atomic mass is 127. The summed E-state index contributed by atoms with van der Waals surface area (Å²) in [6.45, 7) is 3.01. The molecule has 0 amide bonds. The average molecular weight is 399 g/mol. The Hall–Kier alpha value is 0.870. The zero-order valence-corrected chi connectivity index (χ0v) is 13.5. The van der Waals surface area contributed by atoms with Crippen LogP contribution in [-0.2, 0) is 0 Å². The van der Waals surface area contributed by atoms with Crippen LogP contribution in [0.2, 0.25) is 0 Å². The van der Waals surface area contributed by atoms with E-state index in [0.717, 1.165) is 13.0 Å². The van der Waals surface area contributed by atoms with Crippen molar-refractivity contribution in [1.29, 1.82) is 0 Å². The van der Waals surface area contributed by atoms with Crippen LogP contribution in [0.5, 0.6) is 0 Å². The molecule has 0 bridgehead atoms. The molecule has 0 aromatic carbocycles. The van der Waals surface area contributed by atoms with E-state index in [4.69, 9.17) is 34.8 Å². The molecule has 0 aliphatic carbocycles. The van der Waals surface area contributed by atoms with Crippen molar-refractivity contribution in [3.05, 3.63) is 0 Å². The fraction of sp³-hybridized carbons (Fsp3) is 0.889. The first kappa shape index (κ1) is 14.9. The summed E-state index contributed by atoms with van der Waals surface area (Å²) in [6, 6.07) is 0. The van der Waals surface area contributed by atoms with Crippen LogP contribution < -0.4 is 0 Å². The third-order valence-electron chi connectivity index (χ3n) is 2.36. The van der Waals surface area contributed by atoms with E-state index in [1.807, 2.05) is 5.01 Å². The van der Waals surface area contributed by atoms with Crippen LogP contribution in [0.4, 0.5) is 0 Å². The predicted octanol–water partition coefficient (Wildman–Crippen LogP) is 4.17. The van der Waals surface area contributed by atoms with Crippen molar-refractivity contribution in [2.75, 3.05) is 6.54 Å². The van der Waals surface area contributed by atoms with E-state index < -0.39 is 3.79 Å². The Balaban J connectivity index is 2.43. The quantitative estimate of drug-likeness (QED) is 0.300. The summed E-state index contributed by atoms with van der Waals surface area (Å²) in [5.74, 6) is 0.